The van der Waals surface area contributed by atoms with Gasteiger partial charge >= 0.3 is 0 Å². The Balaban J connectivity index is 1.95. The predicted octanol–water partition coefficient (Wildman–Crippen LogP) is 1.37. The Labute approximate surface area is 73.0 Å². The SMILES string of the molecule is CC(=O)C(O)C1[C@H]2CCCC[C@@H]12. The Kier molecular flexibility index (Phi) is 1.95. The van der Waals surface area contributed by atoms with Crippen LogP contribution in [-0.2, 0) is 4.79 Å². The number of rotatable bonds is 2. The second kappa shape index (κ2) is 2.84. The summed E-state index contributed by atoms with van der Waals surface area (Å²) in [7, 11) is 0. The maximum atomic E-state index is 10.9. The summed E-state index contributed by atoms with van der Waals surface area (Å²) in [5.74, 6) is 1.63. The van der Waals surface area contributed by atoms with Crippen molar-refractivity contribution in [2.24, 2.45) is 17.8 Å². The van der Waals surface area contributed by atoms with Crippen LogP contribution < -0.4 is 0 Å². The van der Waals surface area contributed by atoms with Gasteiger partial charge in [0.05, 0.1) is 0 Å². The van der Waals surface area contributed by atoms with Gasteiger partial charge in [0.25, 0.3) is 0 Å². The van der Waals surface area contributed by atoms with Crippen LogP contribution in [-0.4, -0.2) is 17.0 Å². The van der Waals surface area contributed by atoms with Crippen molar-refractivity contribution in [3.63, 3.8) is 0 Å². The number of aliphatic hydroxyl groups is 1. The molecule has 0 amide bonds. The van der Waals surface area contributed by atoms with Crippen LogP contribution in [0.4, 0.5) is 0 Å². The van der Waals surface area contributed by atoms with Crippen LogP contribution in [0.25, 0.3) is 0 Å². The van der Waals surface area contributed by atoms with Gasteiger partial charge in [-0.1, -0.05) is 12.8 Å². The normalized spacial score (nSPS) is 41.7. The fourth-order valence-corrected chi connectivity index (χ4v) is 2.79. The van der Waals surface area contributed by atoms with Gasteiger partial charge < -0.3 is 5.11 Å². The molecule has 0 heterocycles. The van der Waals surface area contributed by atoms with E-state index >= 15 is 0 Å². The minimum Gasteiger partial charge on any atom is -0.385 e. The van der Waals surface area contributed by atoms with E-state index in [0.717, 1.165) is 0 Å². The predicted molar refractivity (Wildman–Crippen MR) is 45.6 cm³/mol. The van der Waals surface area contributed by atoms with E-state index in [1.807, 2.05) is 0 Å². The molecular formula is C10H16O2. The van der Waals surface area contributed by atoms with Gasteiger partial charge in [-0.05, 0) is 37.5 Å². The first-order chi connectivity index (χ1) is 5.72. The second-order valence-electron chi connectivity index (χ2n) is 4.25. The molecule has 2 aliphatic carbocycles. The molecule has 0 aromatic rings. The Morgan fingerprint density at radius 2 is 1.83 bits per heavy atom. The second-order valence-corrected chi connectivity index (χ2v) is 4.25. The molecule has 2 heteroatoms. The average molecular weight is 168 g/mol. The number of carbonyl (C=O) groups is 1. The Bertz CT molecular complexity index is 188. The maximum absolute atomic E-state index is 10.9. The number of hydrogen-bond acceptors (Lipinski definition) is 2. The third-order valence-corrected chi connectivity index (χ3v) is 3.50. The van der Waals surface area contributed by atoms with E-state index in [4.69, 9.17) is 0 Å². The Morgan fingerprint density at radius 1 is 1.33 bits per heavy atom. The lowest BCUT2D eigenvalue weighted by atomic mass is 10.0. The summed E-state index contributed by atoms with van der Waals surface area (Å²) in [6.45, 7) is 1.50. The van der Waals surface area contributed by atoms with E-state index in [-0.39, 0.29) is 5.78 Å². The van der Waals surface area contributed by atoms with Crippen LogP contribution in [0.3, 0.4) is 0 Å². The molecule has 0 aliphatic heterocycles. The number of Topliss-reactive ketones (excluding diaryl/α,β-unsaturated/α-hetero) is 1. The van der Waals surface area contributed by atoms with Gasteiger partial charge in [0.15, 0.2) is 5.78 Å². The van der Waals surface area contributed by atoms with Crippen LogP contribution in [0, 0.1) is 17.8 Å². The van der Waals surface area contributed by atoms with Crippen molar-refractivity contribution in [3.05, 3.63) is 0 Å². The zero-order chi connectivity index (χ0) is 8.72. The minimum absolute atomic E-state index is 0.0469. The van der Waals surface area contributed by atoms with Crippen molar-refractivity contribution < 1.29 is 9.90 Å². The maximum Gasteiger partial charge on any atom is 0.158 e. The van der Waals surface area contributed by atoms with Crippen molar-refractivity contribution in [3.8, 4) is 0 Å². The molecular weight excluding hydrogens is 152 g/mol. The molecule has 0 aromatic heterocycles. The van der Waals surface area contributed by atoms with Crippen LogP contribution in [0.5, 0.6) is 0 Å². The highest BCUT2D eigenvalue weighted by molar-refractivity contribution is 5.81. The summed E-state index contributed by atoms with van der Waals surface area (Å²) in [5.41, 5.74) is 0. The van der Waals surface area contributed by atoms with Gasteiger partial charge in [0.1, 0.15) is 6.10 Å². The molecule has 12 heavy (non-hydrogen) atoms. The molecule has 2 aliphatic rings. The molecule has 2 rings (SSSR count). The Hall–Kier alpha value is -0.370. The molecule has 0 spiro atoms. The lowest BCUT2D eigenvalue weighted by Crippen LogP contribution is -2.20. The summed E-state index contributed by atoms with van der Waals surface area (Å²) in [6, 6.07) is 0. The Morgan fingerprint density at radius 3 is 2.25 bits per heavy atom. The zero-order valence-corrected chi connectivity index (χ0v) is 7.49. The topological polar surface area (TPSA) is 37.3 Å². The third-order valence-electron chi connectivity index (χ3n) is 3.50. The monoisotopic (exact) mass is 168 g/mol. The van der Waals surface area contributed by atoms with E-state index in [0.29, 0.717) is 17.8 Å². The highest BCUT2D eigenvalue weighted by Gasteiger charge is 2.54. The summed E-state index contributed by atoms with van der Waals surface area (Å²) in [4.78, 5) is 10.9. The number of carbonyl (C=O) groups excluding carboxylic acids is 1. The molecule has 2 unspecified atom stereocenters. The minimum atomic E-state index is -0.655. The first-order valence-electron chi connectivity index (χ1n) is 4.90. The standard InChI is InChI=1S/C10H16O2/c1-6(11)10(12)9-7-4-2-3-5-8(7)9/h7-10,12H,2-5H2,1H3/t7-,8+,9?,10?. The molecule has 0 saturated heterocycles. The van der Waals surface area contributed by atoms with Gasteiger partial charge in [-0.3, -0.25) is 4.79 Å². The van der Waals surface area contributed by atoms with E-state index in [9.17, 15) is 9.90 Å². The largest absolute Gasteiger partial charge is 0.385 e. The first kappa shape index (κ1) is 8.24. The van der Waals surface area contributed by atoms with Gasteiger partial charge in [0, 0.05) is 0 Å². The molecule has 0 bridgehead atoms. The molecule has 2 saturated carbocycles. The summed E-state index contributed by atoms with van der Waals surface area (Å²) >= 11 is 0. The summed E-state index contributed by atoms with van der Waals surface area (Å²) in [5, 5.41) is 9.55. The van der Waals surface area contributed by atoms with E-state index in [1.54, 1.807) is 0 Å². The fourth-order valence-electron chi connectivity index (χ4n) is 2.79. The van der Waals surface area contributed by atoms with Crippen molar-refractivity contribution in [1.29, 1.82) is 0 Å². The van der Waals surface area contributed by atoms with Crippen molar-refractivity contribution in [2.45, 2.75) is 38.7 Å². The molecule has 2 fully saturated rings. The molecule has 0 aromatic carbocycles. The zero-order valence-electron chi connectivity index (χ0n) is 7.49. The smallest absolute Gasteiger partial charge is 0.158 e. The van der Waals surface area contributed by atoms with Crippen LogP contribution in [0.2, 0.25) is 0 Å². The lowest BCUT2D eigenvalue weighted by Gasteiger charge is -2.04. The van der Waals surface area contributed by atoms with E-state index in [2.05, 4.69) is 0 Å². The van der Waals surface area contributed by atoms with Crippen LogP contribution in [0.15, 0.2) is 0 Å². The third kappa shape index (κ3) is 1.18. The highest BCUT2D eigenvalue weighted by atomic mass is 16.3. The van der Waals surface area contributed by atoms with Crippen molar-refractivity contribution in [1.82, 2.24) is 0 Å². The fraction of sp³-hybridized carbons (Fsp3) is 0.900. The molecule has 0 radical (unpaired) electrons. The molecule has 4 atom stereocenters. The van der Waals surface area contributed by atoms with Gasteiger partial charge in [0.2, 0.25) is 0 Å². The quantitative estimate of drug-likeness (QED) is 0.676. The molecule has 1 N–H and O–H groups in total. The summed E-state index contributed by atoms with van der Waals surface area (Å²) < 4.78 is 0. The van der Waals surface area contributed by atoms with Crippen molar-refractivity contribution >= 4 is 5.78 Å². The molecule has 2 nitrogen and oxygen atoms in total. The molecule has 68 valence electrons. The highest BCUT2D eigenvalue weighted by Crippen LogP contribution is 2.56. The van der Waals surface area contributed by atoms with Crippen LogP contribution in [0.1, 0.15) is 32.6 Å². The number of aliphatic hydroxyl groups excluding tert-OH is 1. The lowest BCUT2D eigenvalue weighted by molar-refractivity contribution is -0.126. The first-order valence-corrected chi connectivity index (χ1v) is 4.90. The number of fused-ring (bicyclic) bond motifs is 1. The average Bonchev–Trinajstić information content (AvgIpc) is 2.76. The number of hydrogen-bond donors (Lipinski definition) is 1. The van der Waals surface area contributed by atoms with Gasteiger partial charge in [-0.2, -0.15) is 0 Å². The summed E-state index contributed by atoms with van der Waals surface area (Å²) in [6.07, 6.45) is 4.40. The van der Waals surface area contributed by atoms with E-state index < -0.39 is 6.10 Å². The van der Waals surface area contributed by atoms with Gasteiger partial charge in [-0.25, -0.2) is 0 Å². The van der Waals surface area contributed by atoms with Crippen molar-refractivity contribution in [2.75, 3.05) is 0 Å². The van der Waals surface area contributed by atoms with Gasteiger partial charge in [-0.15, -0.1) is 0 Å². The van der Waals surface area contributed by atoms with Crippen LogP contribution >= 0.6 is 0 Å². The number of ketones is 1. The van der Waals surface area contributed by atoms with E-state index in [1.165, 1.54) is 32.6 Å².